The van der Waals surface area contributed by atoms with E-state index in [9.17, 15) is 0 Å². The number of thiocarbonyl (C=S) groups is 1. The summed E-state index contributed by atoms with van der Waals surface area (Å²) < 4.78 is 7.51. The molecule has 0 amide bonds. The van der Waals surface area contributed by atoms with Gasteiger partial charge in [-0.2, -0.15) is 0 Å². The van der Waals surface area contributed by atoms with Crippen LogP contribution in [0.3, 0.4) is 0 Å². The van der Waals surface area contributed by atoms with Crippen molar-refractivity contribution < 1.29 is 4.74 Å². The molecule has 2 atom stereocenters. The average Bonchev–Trinajstić information content (AvgIpc) is 3.33. The predicted octanol–water partition coefficient (Wildman–Crippen LogP) is 5.30. The summed E-state index contributed by atoms with van der Waals surface area (Å²) in [5.74, 6) is 0.636. The van der Waals surface area contributed by atoms with Gasteiger partial charge in [-0.15, -0.1) is 0 Å². The summed E-state index contributed by atoms with van der Waals surface area (Å²) in [4.78, 5) is 6.70. The summed E-state index contributed by atoms with van der Waals surface area (Å²) in [5, 5.41) is 4.66. The van der Waals surface area contributed by atoms with E-state index in [1.54, 1.807) is 7.11 Å². The Hall–Kier alpha value is -2.57. The first kappa shape index (κ1) is 19.7. The summed E-state index contributed by atoms with van der Waals surface area (Å²) >= 11 is 12.2. The number of rotatable bonds is 5. The Kier molecular flexibility index (Phi) is 5.48. The van der Waals surface area contributed by atoms with Gasteiger partial charge in [0.15, 0.2) is 5.11 Å². The third kappa shape index (κ3) is 3.70. The Balaban J connectivity index is 1.81. The van der Waals surface area contributed by atoms with E-state index in [-0.39, 0.29) is 12.1 Å². The maximum Gasteiger partial charge on any atom is 0.174 e. The summed E-state index contributed by atoms with van der Waals surface area (Å²) in [5.41, 5.74) is 3.02. The normalized spacial score (nSPS) is 18.9. The number of hydrogen-bond acceptors (Lipinski definition) is 3. The van der Waals surface area contributed by atoms with Crippen molar-refractivity contribution in [3.05, 3.63) is 77.3 Å². The third-order valence-electron chi connectivity index (χ3n) is 5.19. The molecule has 0 bridgehead atoms. The van der Waals surface area contributed by atoms with E-state index in [2.05, 4.69) is 52.1 Å². The summed E-state index contributed by atoms with van der Waals surface area (Å²) in [7, 11) is 1.61. The van der Waals surface area contributed by atoms with Crippen molar-refractivity contribution in [3.63, 3.8) is 0 Å². The van der Waals surface area contributed by atoms with Crippen molar-refractivity contribution in [2.45, 2.75) is 32.0 Å². The maximum absolute atomic E-state index is 6.42. The van der Waals surface area contributed by atoms with E-state index in [0.717, 1.165) is 16.9 Å². The molecule has 29 heavy (non-hydrogen) atoms. The van der Waals surface area contributed by atoms with Crippen LogP contribution in [0.5, 0.6) is 5.75 Å². The maximum atomic E-state index is 6.42. The summed E-state index contributed by atoms with van der Waals surface area (Å²) in [6.45, 7) is 4.33. The molecule has 4 rings (SSSR count). The van der Waals surface area contributed by atoms with Gasteiger partial charge in [-0.3, -0.25) is 4.98 Å². The molecule has 0 unspecified atom stereocenters. The number of aromatic nitrogens is 2. The van der Waals surface area contributed by atoms with Crippen molar-refractivity contribution in [3.8, 4) is 5.75 Å². The molecule has 150 valence electrons. The standard InChI is InChI=1S/C22H23ClN4OS/c1-14(2)26-11-9-15(13-26)21-20(18-6-4-5-10-24-18)25-22(29)27(21)16-7-8-19(28-3)17(23)12-16/h4-14,20-21H,1-3H3,(H,25,29)/t20-,21-/m1/s1. The highest BCUT2D eigenvalue weighted by atomic mass is 35.5. The van der Waals surface area contributed by atoms with Crippen molar-refractivity contribution >= 4 is 34.6 Å². The molecule has 0 aliphatic carbocycles. The number of halogens is 1. The van der Waals surface area contributed by atoms with Crippen LogP contribution in [0.1, 0.15) is 43.2 Å². The SMILES string of the molecule is COc1ccc(N2C(=S)N[C@H](c3ccccn3)[C@H]2c2ccn(C(C)C)c2)cc1Cl. The first-order chi connectivity index (χ1) is 14.0. The fourth-order valence-electron chi connectivity index (χ4n) is 3.70. The Bertz CT molecular complexity index is 1020. The minimum absolute atomic E-state index is 0.0538. The average molecular weight is 427 g/mol. The van der Waals surface area contributed by atoms with Crippen LogP contribution in [0.2, 0.25) is 5.02 Å². The van der Waals surface area contributed by atoms with Crippen LogP contribution in [-0.2, 0) is 0 Å². The van der Waals surface area contributed by atoms with Gasteiger partial charge in [0.1, 0.15) is 5.75 Å². The second-order valence-electron chi connectivity index (χ2n) is 7.30. The fraction of sp³-hybridized carbons (Fsp3) is 0.273. The Morgan fingerprint density at radius 1 is 1.21 bits per heavy atom. The molecule has 1 saturated heterocycles. The van der Waals surface area contributed by atoms with Gasteiger partial charge in [0, 0.05) is 30.3 Å². The van der Waals surface area contributed by atoms with Gasteiger partial charge >= 0.3 is 0 Å². The van der Waals surface area contributed by atoms with Crippen LogP contribution < -0.4 is 15.0 Å². The van der Waals surface area contributed by atoms with E-state index >= 15 is 0 Å². The molecule has 1 N–H and O–H groups in total. The number of hydrogen-bond donors (Lipinski definition) is 1. The Morgan fingerprint density at radius 2 is 2.03 bits per heavy atom. The zero-order valence-electron chi connectivity index (χ0n) is 16.5. The Labute approximate surface area is 181 Å². The topological polar surface area (TPSA) is 42.3 Å². The summed E-state index contributed by atoms with van der Waals surface area (Å²) in [6.07, 6.45) is 6.10. The fourth-order valence-corrected chi connectivity index (χ4v) is 4.30. The lowest BCUT2D eigenvalue weighted by atomic mass is 9.98. The first-order valence-corrected chi connectivity index (χ1v) is 10.3. The highest BCUT2D eigenvalue weighted by molar-refractivity contribution is 7.80. The molecule has 1 aliphatic rings. The van der Waals surface area contributed by atoms with E-state index < -0.39 is 0 Å². The van der Waals surface area contributed by atoms with Crippen LogP contribution in [0, 0.1) is 0 Å². The van der Waals surface area contributed by atoms with Crippen molar-refractivity contribution in [1.82, 2.24) is 14.9 Å². The van der Waals surface area contributed by atoms with Gasteiger partial charge in [-0.1, -0.05) is 17.7 Å². The smallest absolute Gasteiger partial charge is 0.174 e. The zero-order valence-corrected chi connectivity index (χ0v) is 18.1. The molecule has 5 nitrogen and oxygen atoms in total. The van der Waals surface area contributed by atoms with Gasteiger partial charge in [0.25, 0.3) is 0 Å². The molecule has 3 heterocycles. The van der Waals surface area contributed by atoms with Crippen LogP contribution in [0.4, 0.5) is 5.69 Å². The lowest BCUT2D eigenvalue weighted by Crippen LogP contribution is -2.29. The lowest BCUT2D eigenvalue weighted by molar-refractivity contribution is 0.415. The van der Waals surface area contributed by atoms with Gasteiger partial charge in [-0.25, -0.2) is 0 Å². The highest BCUT2D eigenvalue weighted by Gasteiger charge is 2.41. The summed E-state index contributed by atoms with van der Waals surface area (Å²) in [6, 6.07) is 14.1. The van der Waals surface area contributed by atoms with Crippen molar-refractivity contribution in [1.29, 1.82) is 0 Å². The van der Waals surface area contributed by atoms with Crippen LogP contribution >= 0.6 is 23.8 Å². The second kappa shape index (κ2) is 8.05. The number of nitrogens with one attached hydrogen (secondary N) is 1. The number of pyridine rings is 1. The second-order valence-corrected chi connectivity index (χ2v) is 8.10. The van der Waals surface area contributed by atoms with E-state index in [4.69, 9.17) is 28.6 Å². The molecular weight excluding hydrogens is 404 g/mol. The molecular formula is C22H23ClN4OS. The molecule has 0 radical (unpaired) electrons. The molecule has 3 aromatic rings. The van der Waals surface area contributed by atoms with Gasteiger partial charge in [-0.05, 0) is 68.0 Å². The van der Waals surface area contributed by atoms with E-state index in [1.807, 2.05) is 42.6 Å². The minimum atomic E-state index is -0.0763. The van der Waals surface area contributed by atoms with E-state index in [1.165, 1.54) is 0 Å². The predicted molar refractivity (Wildman–Crippen MR) is 121 cm³/mol. The van der Waals surface area contributed by atoms with Crippen LogP contribution in [-0.4, -0.2) is 21.8 Å². The largest absolute Gasteiger partial charge is 0.495 e. The quantitative estimate of drug-likeness (QED) is 0.560. The number of anilines is 1. The van der Waals surface area contributed by atoms with Crippen molar-refractivity contribution in [2.24, 2.45) is 0 Å². The molecule has 1 fully saturated rings. The molecule has 0 saturated carbocycles. The van der Waals surface area contributed by atoms with Crippen LogP contribution in [0.15, 0.2) is 61.1 Å². The molecule has 7 heteroatoms. The molecule has 2 aromatic heterocycles. The number of nitrogens with zero attached hydrogens (tertiary/aromatic N) is 3. The van der Waals surface area contributed by atoms with E-state index in [0.29, 0.717) is 21.9 Å². The lowest BCUT2D eigenvalue weighted by Gasteiger charge is -2.27. The molecule has 1 aliphatic heterocycles. The van der Waals surface area contributed by atoms with Gasteiger partial charge < -0.3 is 19.5 Å². The molecule has 1 aromatic carbocycles. The monoisotopic (exact) mass is 426 g/mol. The molecule has 0 spiro atoms. The number of benzene rings is 1. The van der Waals surface area contributed by atoms with Crippen LogP contribution in [0.25, 0.3) is 0 Å². The van der Waals surface area contributed by atoms with Gasteiger partial charge in [0.2, 0.25) is 0 Å². The first-order valence-electron chi connectivity index (χ1n) is 9.51. The number of methoxy groups -OCH3 is 1. The highest BCUT2D eigenvalue weighted by Crippen LogP contribution is 2.43. The number of ether oxygens (including phenoxy) is 1. The minimum Gasteiger partial charge on any atom is -0.495 e. The zero-order chi connectivity index (χ0) is 20.5. The third-order valence-corrected chi connectivity index (χ3v) is 5.80. The Morgan fingerprint density at radius 3 is 2.66 bits per heavy atom. The van der Waals surface area contributed by atoms with Crippen molar-refractivity contribution in [2.75, 3.05) is 12.0 Å². The van der Waals surface area contributed by atoms with Gasteiger partial charge in [0.05, 0.1) is 29.9 Å².